The zero-order valence-corrected chi connectivity index (χ0v) is 16.6. The average Bonchev–Trinajstić information content (AvgIpc) is 3.43. The van der Waals surface area contributed by atoms with Crippen molar-refractivity contribution in [2.24, 2.45) is 16.6 Å². The van der Waals surface area contributed by atoms with Crippen molar-refractivity contribution in [2.45, 2.75) is 30.6 Å². The summed E-state index contributed by atoms with van der Waals surface area (Å²) in [5, 5.41) is 1.56. The minimum Gasteiger partial charge on any atom is -0.379 e. The third-order valence-corrected chi connectivity index (χ3v) is 6.91. The molecular formula is C19H17ClN6OS. The molecule has 3 aromatic rings. The number of thioether (sulfide) groups is 1. The van der Waals surface area contributed by atoms with E-state index >= 15 is 0 Å². The van der Waals surface area contributed by atoms with E-state index in [0.717, 1.165) is 23.2 Å². The molecule has 1 aliphatic carbocycles. The highest BCUT2D eigenvalue weighted by molar-refractivity contribution is 8.14. The van der Waals surface area contributed by atoms with E-state index in [2.05, 4.69) is 26.9 Å². The molecular weight excluding hydrogens is 396 g/mol. The lowest BCUT2D eigenvalue weighted by atomic mass is 9.87. The molecule has 3 aromatic heterocycles. The van der Waals surface area contributed by atoms with Crippen LogP contribution < -0.4 is 11.3 Å². The molecule has 0 aromatic carbocycles. The molecule has 142 valence electrons. The number of halogens is 1. The summed E-state index contributed by atoms with van der Waals surface area (Å²) in [6.07, 6.45) is 6.28. The summed E-state index contributed by atoms with van der Waals surface area (Å²) in [5.41, 5.74) is 9.30. The van der Waals surface area contributed by atoms with Crippen LogP contribution in [0, 0.1) is 5.92 Å². The molecule has 9 heteroatoms. The second kappa shape index (κ2) is 6.28. The zero-order valence-electron chi connectivity index (χ0n) is 15.0. The minimum absolute atomic E-state index is 0.238. The number of aromatic amines is 1. The van der Waals surface area contributed by atoms with E-state index in [1.807, 2.05) is 6.07 Å². The number of aromatic nitrogens is 4. The molecule has 7 nitrogen and oxygen atoms in total. The molecule has 4 heterocycles. The van der Waals surface area contributed by atoms with Gasteiger partial charge in [-0.25, -0.2) is 9.97 Å². The molecule has 3 atom stereocenters. The van der Waals surface area contributed by atoms with Gasteiger partial charge in [0.1, 0.15) is 10.7 Å². The molecule has 0 amide bonds. The summed E-state index contributed by atoms with van der Waals surface area (Å²) in [4.78, 5) is 32.2. The molecule has 1 aliphatic heterocycles. The summed E-state index contributed by atoms with van der Waals surface area (Å²) in [5.74, 6) is 0.418. The van der Waals surface area contributed by atoms with Gasteiger partial charge in [0.15, 0.2) is 5.17 Å². The highest BCUT2D eigenvalue weighted by Gasteiger charge is 2.55. The number of rotatable bonds is 3. The lowest BCUT2D eigenvalue weighted by Crippen LogP contribution is -2.31. The van der Waals surface area contributed by atoms with E-state index in [-0.39, 0.29) is 5.56 Å². The average molecular weight is 413 g/mol. The molecule has 5 rings (SSSR count). The van der Waals surface area contributed by atoms with E-state index in [0.29, 0.717) is 38.9 Å². The first-order chi connectivity index (χ1) is 13.4. The molecule has 1 fully saturated rings. The van der Waals surface area contributed by atoms with E-state index in [4.69, 9.17) is 22.3 Å². The number of aliphatic imine (C=N–C) groups is 1. The minimum atomic E-state index is -0.463. The van der Waals surface area contributed by atoms with E-state index in [1.165, 1.54) is 6.20 Å². The molecule has 3 N–H and O–H groups in total. The van der Waals surface area contributed by atoms with Crippen LogP contribution in [0.15, 0.2) is 40.5 Å². The third kappa shape index (κ3) is 2.87. The largest absolute Gasteiger partial charge is 0.379 e. The predicted molar refractivity (Wildman–Crippen MR) is 111 cm³/mol. The van der Waals surface area contributed by atoms with Crippen molar-refractivity contribution in [2.75, 3.05) is 0 Å². The van der Waals surface area contributed by atoms with Crippen LogP contribution in [0.3, 0.4) is 0 Å². The summed E-state index contributed by atoms with van der Waals surface area (Å²) in [6.45, 7) is 2.08. The van der Waals surface area contributed by atoms with Crippen molar-refractivity contribution in [1.82, 2.24) is 19.9 Å². The lowest BCUT2D eigenvalue weighted by Gasteiger charge is -2.30. The van der Waals surface area contributed by atoms with Gasteiger partial charge < -0.3 is 10.7 Å². The highest BCUT2D eigenvalue weighted by atomic mass is 35.5. The summed E-state index contributed by atoms with van der Waals surface area (Å²) >= 11 is 8.12. The number of amidine groups is 1. The van der Waals surface area contributed by atoms with Gasteiger partial charge in [-0.3, -0.25) is 14.8 Å². The summed E-state index contributed by atoms with van der Waals surface area (Å²) in [6, 6.07) is 3.79. The van der Waals surface area contributed by atoms with Gasteiger partial charge in [0, 0.05) is 35.5 Å². The van der Waals surface area contributed by atoms with Crippen LogP contribution in [0.4, 0.5) is 0 Å². The standard InChI is InChI=1S/C19H17ClN6OS/c1-19(10-6-14(10)28-18(21)26-19)11-4-9(7-24-17(11)20)5-13-16-12(2-3-22-13)25-15(27)8-23-16/h2-4,7-8,10,14H,5-6H2,1H3,(H2,21,26)(H,25,27)/t10-,14+,19+/m1/s1. The van der Waals surface area contributed by atoms with Crippen LogP contribution in [0.2, 0.25) is 5.15 Å². The summed E-state index contributed by atoms with van der Waals surface area (Å²) < 4.78 is 0. The number of nitrogens with zero attached hydrogens (tertiary/aromatic N) is 4. The van der Waals surface area contributed by atoms with Gasteiger partial charge in [-0.2, -0.15) is 0 Å². The van der Waals surface area contributed by atoms with E-state index < -0.39 is 5.54 Å². The van der Waals surface area contributed by atoms with Gasteiger partial charge in [0.25, 0.3) is 5.56 Å². The maximum Gasteiger partial charge on any atom is 0.266 e. The van der Waals surface area contributed by atoms with E-state index in [9.17, 15) is 4.79 Å². The van der Waals surface area contributed by atoms with Crippen LogP contribution >= 0.6 is 23.4 Å². The molecule has 1 saturated carbocycles. The Hall–Kier alpha value is -2.45. The van der Waals surface area contributed by atoms with Gasteiger partial charge in [0.05, 0.1) is 22.9 Å². The maximum atomic E-state index is 11.5. The van der Waals surface area contributed by atoms with Crippen LogP contribution in [-0.2, 0) is 12.0 Å². The Balaban J connectivity index is 1.56. The molecule has 0 spiro atoms. The molecule has 0 radical (unpaired) electrons. The topological polar surface area (TPSA) is 110 Å². The van der Waals surface area contributed by atoms with Crippen LogP contribution in [-0.4, -0.2) is 30.4 Å². The quantitative estimate of drug-likeness (QED) is 0.640. The Morgan fingerprint density at radius 2 is 2.21 bits per heavy atom. The molecule has 0 bridgehead atoms. The van der Waals surface area contributed by atoms with Crippen LogP contribution in [0.25, 0.3) is 11.0 Å². The smallest absolute Gasteiger partial charge is 0.266 e. The monoisotopic (exact) mass is 412 g/mol. The van der Waals surface area contributed by atoms with Crippen LogP contribution in [0.5, 0.6) is 0 Å². The normalized spacial score (nSPS) is 26.0. The number of nitrogens with one attached hydrogen (secondary N) is 1. The Morgan fingerprint density at radius 1 is 1.36 bits per heavy atom. The number of hydrogen-bond donors (Lipinski definition) is 2. The van der Waals surface area contributed by atoms with Crippen LogP contribution in [0.1, 0.15) is 30.2 Å². The SMILES string of the molecule is C[C@]1(c2cc(Cc3nccc4[nH]c(=O)cnc34)cnc2Cl)N=C(N)S[C@H]2C[C@H]21. The van der Waals surface area contributed by atoms with Crippen molar-refractivity contribution >= 4 is 39.6 Å². The van der Waals surface area contributed by atoms with Crippen molar-refractivity contribution in [1.29, 1.82) is 0 Å². The molecule has 28 heavy (non-hydrogen) atoms. The number of fused-ring (bicyclic) bond motifs is 2. The predicted octanol–water partition coefficient (Wildman–Crippen LogP) is 2.62. The second-order valence-electron chi connectivity index (χ2n) is 7.36. The molecule has 0 saturated heterocycles. The van der Waals surface area contributed by atoms with Crippen molar-refractivity contribution in [3.63, 3.8) is 0 Å². The third-order valence-electron chi connectivity index (χ3n) is 5.45. The number of hydrogen-bond acceptors (Lipinski definition) is 7. The van der Waals surface area contributed by atoms with Crippen molar-refractivity contribution in [3.05, 3.63) is 63.1 Å². The first-order valence-electron chi connectivity index (χ1n) is 8.94. The fourth-order valence-electron chi connectivity index (χ4n) is 3.94. The van der Waals surface area contributed by atoms with Gasteiger partial charge in [0.2, 0.25) is 0 Å². The number of nitrogens with two attached hydrogens (primary N) is 1. The van der Waals surface area contributed by atoms with Gasteiger partial charge in [-0.05, 0) is 31.0 Å². The number of H-pyrrole nitrogens is 1. The highest BCUT2D eigenvalue weighted by Crippen LogP contribution is 2.58. The van der Waals surface area contributed by atoms with Gasteiger partial charge in [-0.1, -0.05) is 23.4 Å². The van der Waals surface area contributed by atoms with Crippen molar-refractivity contribution < 1.29 is 0 Å². The Labute approximate surface area is 169 Å². The summed E-state index contributed by atoms with van der Waals surface area (Å²) in [7, 11) is 0. The second-order valence-corrected chi connectivity index (χ2v) is 8.97. The first kappa shape index (κ1) is 17.6. The fraction of sp³-hybridized carbons (Fsp3) is 0.316. The first-order valence-corrected chi connectivity index (χ1v) is 10.2. The van der Waals surface area contributed by atoms with E-state index in [1.54, 1.807) is 30.2 Å². The Kier molecular flexibility index (Phi) is 3.96. The van der Waals surface area contributed by atoms with Gasteiger partial charge in [-0.15, -0.1) is 0 Å². The van der Waals surface area contributed by atoms with Crippen molar-refractivity contribution in [3.8, 4) is 0 Å². The molecule has 0 unspecified atom stereocenters. The Bertz CT molecular complexity index is 1190. The zero-order chi connectivity index (χ0) is 19.5. The number of pyridine rings is 2. The molecule has 2 aliphatic rings. The lowest BCUT2D eigenvalue weighted by molar-refractivity contribution is 0.429. The Morgan fingerprint density at radius 3 is 3.07 bits per heavy atom. The fourth-order valence-corrected chi connectivity index (χ4v) is 5.52. The maximum absolute atomic E-state index is 11.5. The van der Waals surface area contributed by atoms with Gasteiger partial charge >= 0.3 is 0 Å².